The van der Waals surface area contributed by atoms with Crippen molar-refractivity contribution in [3.8, 4) is 0 Å². The molecule has 2 saturated heterocycles. The predicted octanol–water partition coefficient (Wildman–Crippen LogP) is 1.55. The van der Waals surface area contributed by atoms with Gasteiger partial charge in [0.05, 0.1) is 31.4 Å². The summed E-state index contributed by atoms with van der Waals surface area (Å²) in [6.45, 7) is 3.73. The number of imidazole rings is 1. The van der Waals surface area contributed by atoms with Crippen molar-refractivity contribution in [2.24, 2.45) is 0 Å². The van der Waals surface area contributed by atoms with E-state index in [1.807, 2.05) is 0 Å². The molecule has 2 N–H and O–H groups in total. The number of carbonyl (C=O) groups excluding carboxylic acids is 4. The summed E-state index contributed by atoms with van der Waals surface area (Å²) < 4.78 is 42.1. The Morgan fingerprint density at radius 1 is 1.12 bits per heavy atom. The van der Waals surface area contributed by atoms with E-state index in [0.717, 1.165) is 17.0 Å². The van der Waals surface area contributed by atoms with Gasteiger partial charge < -0.3 is 29.9 Å². The van der Waals surface area contributed by atoms with E-state index in [-0.39, 0.29) is 74.9 Å². The van der Waals surface area contributed by atoms with Crippen LogP contribution in [0.25, 0.3) is 5.78 Å². The van der Waals surface area contributed by atoms with E-state index in [0.29, 0.717) is 5.78 Å². The van der Waals surface area contributed by atoms with Crippen LogP contribution in [0, 0.1) is 11.6 Å². The van der Waals surface area contributed by atoms with Crippen LogP contribution < -0.4 is 20.4 Å². The lowest BCUT2D eigenvalue weighted by Crippen LogP contribution is -2.51. The van der Waals surface area contributed by atoms with Gasteiger partial charge in [0.15, 0.2) is 11.6 Å². The number of fused-ring (bicyclic) bond motifs is 1. The molecule has 0 unspecified atom stereocenters. The molecule has 0 saturated carbocycles. The molecule has 1 aromatic carbocycles. The lowest BCUT2D eigenvalue weighted by atomic mass is 10.2. The second kappa shape index (κ2) is 12.5. The van der Waals surface area contributed by atoms with Crippen molar-refractivity contribution in [2.45, 2.75) is 26.1 Å². The number of carbonyl (C=O) groups is 4. The fraction of sp³-hybridized carbons (Fsp3) is 0.407. The van der Waals surface area contributed by atoms with Crippen molar-refractivity contribution < 1.29 is 37.4 Å². The molecule has 2 fully saturated rings. The van der Waals surface area contributed by atoms with Crippen LogP contribution in [0.1, 0.15) is 24.3 Å². The van der Waals surface area contributed by atoms with Crippen molar-refractivity contribution in [3.05, 3.63) is 54.1 Å². The molecule has 228 valence electrons. The van der Waals surface area contributed by atoms with Gasteiger partial charge >= 0.3 is 12.2 Å². The zero-order valence-electron chi connectivity index (χ0n) is 23.5. The van der Waals surface area contributed by atoms with Crippen LogP contribution in [0.2, 0.25) is 0 Å². The molecule has 4 amide bonds. The van der Waals surface area contributed by atoms with Crippen LogP contribution in [0.15, 0.2) is 36.8 Å². The zero-order chi connectivity index (χ0) is 30.7. The van der Waals surface area contributed by atoms with Gasteiger partial charge in [0.2, 0.25) is 11.7 Å². The summed E-state index contributed by atoms with van der Waals surface area (Å²) >= 11 is 0. The van der Waals surface area contributed by atoms with Gasteiger partial charge in [-0.15, -0.1) is 0 Å². The lowest BCUT2D eigenvalue weighted by molar-refractivity contribution is -0.130. The number of ether oxygens (including phenoxy) is 2. The highest BCUT2D eigenvalue weighted by molar-refractivity contribution is 5.95. The van der Waals surface area contributed by atoms with Gasteiger partial charge in [-0.3, -0.25) is 18.9 Å². The molecule has 43 heavy (non-hydrogen) atoms. The number of amides is 4. The minimum Gasteiger partial charge on any atom is -0.447 e. The number of benzene rings is 1. The normalized spacial score (nSPS) is 16.9. The third-order valence-corrected chi connectivity index (χ3v) is 6.82. The van der Waals surface area contributed by atoms with E-state index in [1.165, 1.54) is 16.0 Å². The highest BCUT2D eigenvalue weighted by Crippen LogP contribution is 2.31. The van der Waals surface area contributed by atoms with Crippen molar-refractivity contribution in [2.75, 3.05) is 55.6 Å². The average Bonchev–Trinajstić information content (AvgIpc) is 3.57. The first-order valence-corrected chi connectivity index (χ1v) is 13.6. The number of alkyl carbamates (subject to hydrolysis) is 1. The van der Waals surface area contributed by atoms with Gasteiger partial charge in [0, 0.05) is 56.9 Å². The van der Waals surface area contributed by atoms with Crippen molar-refractivity contribution >= 4 is 41.2 Å². The molecule has 1 atom stereocenters. The van der Waals surface area contributed by atoms with Gasteiger partial charge in [-0.1, -0.05) is 0 Å². The molecule has 0 radical (unpaired) electrons. The molecule has 14 nitrogen and oxygen atoms in total. The molecule has 0 aliphatic carbocycles. The summed E-state index contributed by atoms with van der Waals surface area (Å²) in [6.07, 6.45) is 2.23. The number of anilines is 2. The second-order valence-electron chi connectivity index (χ2n) is 10.2. The van der Waals surface area contributed by atoms with Gasteiger partial charge in [-0.2, -0.15) is 0 Å². The molecule has 2 aliphatic heterocycles. The van der Waals surface area contributed by atoms with Gasteiger partial charge in [-0.05, 0) is 19.9 Å². The van der Waals surface area contributed by atoms with E-state index >= 15 is 8.78 Å². The smallest absolute Gasteiger partial charge is 0.414 e. The van der Waals surface area contributed by atoms with E-state index in [4.69, 9.17) is 9.47 Å². The molecule has 4 heterocycles. The number of hydrogen-bond acceptors (Lipinski definition) is 9. The van der Waals surface area contributed by atoms with Gasteiger partial charge in [0.25, 0.3) is 5.91 Å². The Morgan fingerprint density at radius 3 is 2.51 bits per heavy atom. The molecule has 0 bridgehead atoms. The summed E-state index contributed by atoms with van der Waals surface area (Å²) in [5.74, 6) is -2.28. The number of piperazine rings is 1. The maximum absolute atomic E-state index is 15.2. The maximum atomic E-state index is 15.2. The van der Waals surface area contributed by atoms with Gasteiger partial charge in [0.1, 0.15) is 17.5 Å². The predicted molar refractivity (Wildman–Crippen MR) is 148 cm³/mol. The summed E-state index contributed by atoms with van der Waals surface area (Å²) in [5.41, 5.74) is -0.180. The number of nitrogens with one attached hydrogen (secondary N) is 2. The highest BCUT2D eigenvalue weighted by Gasteiger charge is 2.34. The van der Waals surface area contributed by atoms with E-state index in [9.17, 15) is 19.2 Å². The number of cyclic esters (lactones) is 1. The van der Waals surface area contributed by atoms with E-state index in [1.54, 1.807) is 36.7 Å². The number of rotatable bonds is 8. The van der Waals surface area contributed by atoms with Crippen LogP contribution in [-0.2, 0) is 14.3 Å². The lowest BCUT2D eigenvalue weighted by Gasteiger charge is -2.36. The minimum atomic E-state index is -0.876. The molecule has 5 rings (SSSR count). The Bertz CT molecular complexity index is 1480. The zero-order valence-corrected chi connectivity index (χ0v) is 23.5. The van der Waals surface area contributed by atoms with Crippen molar-refractivity contribution in [1.29, 1.82) is 0 Å². The molecular formula is C27H30F2N8O6. The number of halogens is 2. The molecular weight excluding hydrogens is 570 g/mol. The topological polar surface area (TPSA) is 151 Å². The molecule has 16 heteroatoms. The van der Waals surface area contributed by atoms with Crippen LogP contribution >= 0.6 is 0 Å². The molecule has 2 aliphatic rings. The minimum absolute atomic E-state index is 0.0234. The Kier molecular flexibility index (Phi) is 8.54. The van der Waals surface area contributed by atoms with Crippen LogP contribution in [0.3, 0.4) is 0 Å². The maximum Gasteiger partial charge on any atom is 0.414 e. The number of nitrogens with zero attached hydrogens (tertiary/aromatic N) is 6. The van der Waals surface area contributed by atoms with Crippen molar-refractivity contribution in [1.82, 2.24) is 29.9 Å². The Morgan fingerprint density at radius 2 is 1.84 bits per heavy atom. The summed E-state index contributed by atoms with van der Waals surface area (Å²) in [4.78, 5) is 61.4. The number of aromatic nitrogens is 3. The third kappa shape index (κ3) is 6.73. The molecule has 2 aromatic heterocycles. The SMILES string of the molecule is CC(C)OC(=O)NC[C@H]1CN(c2cc(F)c(N3CCN(C(=O)CNC(=O)c4cn5cccnc5n4)CC3)c(F)c2)C(=O)O1. The first-order chi connectivity index (χ1) is 20.6. The first kappa shape index (κ1) is 29.5. The highest BCUT2D eigenvalue weighted by atomic mass is 19.1. The standard InChI is InChI=1S/C27H30F2N8O6/c1-16(2)42-26(40)32-12-18-14-37(27(41)43-18)17-10-19(28)23(20(29)11-17)35-8-6-34(7-9-35)22(38)13-31-24(39)21-15-36-5-3-4-30-25(36)33-21/h3-5,10-11,15-16,18H,6-9,12-14H2,1-2H3,(H,31,39)(H,32,40)/t18-/m0/s1. The quantitative estimate of drug-likeness (QED) is 0.393. The first-order valence-electron chi connectivity index (χ1n) is 13.6. The van der Waals surface area contributed by atoms with Crippen LogP contribution in [-0.4, -0.2) is 101 Å². The Balaban J connectivity index is 1.13. The Hall–Kier alpha value is -5.02. The average molecular weight is 601 g/mol. The van der Waals surface area contributed by atoms with E-state index in [2.05, 4.69) is 20.6 Å². The summed E-state index contributed by atoms with van der Waals surface area (Å²) in [6, 6.07) is 3.79. The van der Waals surface area contributed by atoms with Crippen LogP contribution in [0.4, 0.5) is 29.7 Å². The van der Waals surface area contributed by atoms with E-state index < -0.39 is 35.8 Å². The summed E-state index contributed by atoms with van der Waals surface area (Å²) in [5, 5.41) is 5.03. The van der Waals surface area contributed by atoms with Gasteiger partial charge in [-0.25, -0.2) is 28.3 Å². The molecule has 3 aromatic rings. The Labute approximate surface area is 244 Å². The summed E-state index contributed by atoms with van der Waals surface area (Å²) in [7, 11) is 0. The fourth-order valence-electron chi connectivity index (χ4n) is 4.78. The second-order valence-corrected chi connectivity index (χ2v) is 10.2. The monoisotopic (exact) mass is 600 g/mol. The largest absolute Gasteiger partial charge is 0.447 e. The van der Waals surface area contributed by atoms with Crippen LogP contribution in [0.5, 0.6) is 0 Å². The van der Waals surface area contributed by atoms with Crippen molar-refractivity contribution in [3.63, 3.8) is 0 Å². The molecule has 0 spiro atoms. The fourth-order valence-corrected chi connectivity index (χ4v) is 4.78. The number of hydrogen-bond donors (Lipinski definition) is 2. The third-order valence-electron chi connectivity index (χ3n) is 6.82.